The summed E-state index contributed by atoms with van der Waals surface area (Å²) in [5.41, 5.74) is 1.82. The smallest absolute Gasteiger partial charge is 0.311 e. The minimum absolute atomic E-state index is 0.000248. The van der Waals surface area contributed by atoms with Gasteiger partial charge in [0.05, 0.1) is 13.0 Å². The molecule has 5 heteroatoms. The number of nitrogens with zero attached hydrogens (tertiary/aromatic N) is 1. The Morgan fingerprint density at radius 3 is 2.63 bits per heavy atom. The molecule has 1 saturated heterocycles. The molecule has 1 aromatic carbocycles. The zero-order valence-corrected chi connectivity index (χ0v) is 12.6. The lowest BCUT2D eigenvalue weighted by Crippen LogP contribution is -2.50. The molecular formula is C14H16BrNO3. The summed E-state index contributed by atoms with van der Waals surface area (Å²) < 4.78 is 5.64. The molecule has 1 fully saturated rings. The lowest BCUT2D eigenvalue weighted by molar-refractivity contribution is -0.151. The highest BCUT2D eigenvalue weighted by Gasteiger charge is 2.33. The van der Waals surface area contributed by atoms with Crippen LogP contribution < -0.4 is 0 Å². The van der Waals surface area contributed by atoms with Crippen LogP contribution in [-0.4, -0.2) is 36.9 Å². The zero-order valence-electron chi connectivity index (χ0n) is 11.0. The average molecular weight is 326 g/mol. The fraction of sp³-hybridized carbons (Fsp3) is 0.429. The van der Waals surface area contributed by atoms with Crippen molar-refractivity contribution in [3.63, 3.8) is 0 Å². The number of carbonyl (C=O) groups excluding carboxylic acids is 2. The van der Waals surface area contributed by atoms with E-state index in [9.17, 15) is 9.59 Å². The first-order valence-electron chi connectivity index (χ1n) is 6.11. The minimum atomic E-state index is -0.137. The van der Waals surface area contributed by atoms with Crippen LogP contribution in [0.2, 0.25) is 0 Å². The molecule has 0 saturated carbocycles. The van der Waals surface area contributed by atoms with Crippen molar-refractivity contribution in [2.75, 3.05) is 20.2 Å². The Kier molecular flexibility index (Phi) is 4.37. The third kappa shape index (κ3) is 3.22. The Balaban J connectivity index is 1.95. The Morgan fingerprint density at radius 1 is 1.42 bits per heavy atom. The highest BCUT2D eigenvalue weighted by atomic mass is 79.9. The Morgan fingerprint density at radius 2 is 2.11 bits per heavy atom. The molecule has 4 nitrogen and oxygen atoms in total. The molecule has 0 atom stereocenters. The molecule has 1 aliphatic rings. The maximum atomic E-state index is 11.3. The number of ether oxygens (including phenoxy) is 1. The van der Waals surface area contributed by atoms with Gasteiger partial charge < -0.3 is 4.74 Å². The van der Waals surface area contributed by atoms with Crippen molar-refractivity contribution in [2.45, 2.75) is 13.5 Å². The molecule has 19 heavy (non-hydrogen) atoms. The first-order valence-corrected chi connectivity index (χ1v) is 6.90. The number of hydrogen-bond donors (Lipinski definition) is 0. The van der Waals surface area contributed by atoms with Crippen LogP contribution in [0.15, 0.2) is 22.7 Å². The van der Waals surface area contributed by atoms with Gasteiger partial charge in [0.1, 0.15) is 0 Å². The average Bonchev–Trinajstić information content (AvgIpc) is 2.33. The summed E-state index contributed by atoms with van der Waals surface area (Å²) >= 11 is 3.48. The third-order valence-corrected chi connectivity index (χ3v) is 4.08. The van der Waals surface area contributed by atoms with E-state index in [2.05, 4.69) is 20.8 Å². The van der Waals surface area contributed by atoms with Crippen molar-refractivity contribution in [3.8, 4) is 0 Å². The van der Waals surface area contributed by atoms with E-state index in [-0.39, 0.29) is 17.7 Å². The van der Waals surface area contributed by atoms with Crippen molar-refractivity contribution in [1.82, 2.24) is 4.90 Å². The van der Waals surface area contributed by atoms with Gasteiger partial charge in [-0.25, -0.2) is 0 Å². The number of halogens is 1. The van der Waals surface area contributed by atoms with Gasteiger partial charge in [-0.15, -0.1) is 0 Å². The standard InChI is InChI=1S/C14H16BrNO3/c1-9(17)10-3-4-11(13(15)5-10)6-16-7-12(8-16)14(18)19-2/h3-5,12H,6-8H2,1-2H3. The van der Waals surface area contributed by atoms with Gasteiger partial charge in [0.15, 0.2) is 5.78 Å². The maximum Gasteiger partial charge on any atom is 0.311 e. The van der Waals surface area contributed by atoms with Crippen molar-refractivity contribution < 1.29 is 14.3 Å². The number of carbonyl (C=O) groups is 2. The molecule has 0 radical (unpaired) electrons. The first kappa shape index (κ1) is 14.2. The number of methoxy groups -OCH3 is 1. The fourth-order valence-corrected chi connectivity index (χ4v) is 2.65. The molecule has 1 aromatic rings. The second-order valence-corrected chi connectivity index (χ2v) is 5.63. The van der Waals surface area contributed by atoms with Crippen LogP contribution in [0.3, 0.4) is 0 Å². The number of hydrogen-bond acceptors (Lipinski definition) is 4. The predicted octanol–water partition coefficient (Wildman–Crippen LogP) is 2.26. The molecular weight excluding hydrogens is 310 g/mol. The van der Waals surface area contributed by atoms with E-state index in [0.29, 0.717) is 5.56 Å². The van der Waals surface area contributed by atoms with Crippen LogP contribution >= 0.6 is 15.9 Å². The van der Waals surface area contributed by atoms with Gasteiger partial charge in [-0.3, -0.25) is 14.5 Å². The van der Waals surface area contributed by atoms with Gasteiger partial charge in [-0.1, -0.05) is 28.1 Å². The van der Waals surface area contributed by atoms with Crippen LogP contribution in [0.1, 0.15) is 22.8 Å². The summed E-state index contributed by atoms with van der Waals surface area (Å²) in [4.78, 5) is 24.7. The molecule has 2 rings (SSSR count). The molecule has 0 amide bonds. The fourth-order valence-electron chi connectivity index (χ4n) is 2.15. The molecule has 0 N–H and O–H groups in total. The molecule has 0 bridgehead atoms. The topological polar surface area (TPSA) is 46.6 Å². The van der Waals surface area contributed by atoms with Gasteiger partial charge in [-0.2, -0.15) is 0 Å². The van der Waals surface area contributed by atoms with Crippen LogP contribution in [0, 0.1) is 5.92 Å². The highest BCUT2D eigenvalue weighted by Crippen LogP contribution is 2.25. The molecule has 1 heterocycles. The zero-order chi connectivity index (χ0) is 14.0. The summed E-state index contributed by atoms with van der Waals surface area (Å²) in [5.74, 6) is -0.0792. The molecule has 0 aromatic heterocycles. The Labute approximate surface area is 120 Å². The van der Waals surface area contributed by atoms with E-state index in [1.54, 1.807) is 6.92 Å². The quantitative estimate of drug-likeness (QED) is 0.629. The third-order valence-electron chi connectivity index (χ3n) is 3.35. The van der Waals surface area contributed by atoms with E-state index < -0.39 is 0 Å². The largest absolute Gasteiger partial charge is 0.469 e. The van der Waals surface area contributed by atoms with Crippen LogP contribution in [0.5, 0.6) is 0 Å². The molecule has 0 spiro atoms. The Hall–Kier alpha value is -1.20. The number of likely N-dealkylation sites (tertiary alicyclic amines) is 1. The molecule has 0 unspecified atom stereocenters. The van der Waals surface area contributed by atoms with Crippen LogP contribution in [-0.2, 0) is 16.1 Å². The second kappa shape index (κ2) is 5.84. The van der Waals surface area contributed by atoms with E-state index in [4.69, 9.17) is 4.74 Å². The summed E-state index contributed by atoms with van der Waals surface area (Å²) in [6.45, 7) is 3.78. The number of ketones is 1. The lowest BCUT2D eigenvalue weighted by Gasteiger charge is -2.37. The van der Waals surface area contributed by atoms with E-state index in [1.165, 1.54) is 7.11 Å². The lowest BCUT2D eigenvalue weighted by atomic mass is 9.99. The van der Waals surface area contributed by atoms with Crippen molar-refractivity contribution in [2.24, 2.45) is 5.92 Å². The van der Waals surface area contributed by atoms with E-state index >= 15 is 0 Å². The van der Waals surface area contributed by atoms with Gasteiger partial charge in [0.25, 0.3) is 0 Å². The first-order chi connectivity index (χ1) is 9.01. The summed E-state index contributed by atoms with van der Waals surface area (Å²) in [6.07, 6.45) is 0. The van der Waals surface area contributed by atoms with Gasteiger partial charge in [0, 0.05) is 29.7 Å². The molecule has 0 aliphatic carbocycles. The van der Waals surface area contributed by atoms with Crippen molar-refractivity contribution >= 4 is 27.7 Å². The van der Waals surface area contributed by atoms with Crippen LogP contribution in [0.25, 0.3) is 0 Å². The SMILES string of the molecule is COC(=O)C1CN(Cc2ccc(C(C)=O)cc2Br)C1. The second-order valence-electron chi connectivity index (χ2n) is 4.78. The number of esters is 1. The monoisotopic (exact) mass is 325 g/mol. The minimum Gasteiger partial charge on any atom is -0.469 e. The Bertz CT molecular complexity index is 509. The van der Waals surface area contributed by atoms with Crippen molar-refractivity contribution in [3.05, 3.63) is 33.8 Å². The van der Waals surface area contributed by atoms with E-state index in [1.807, 2.05) is 18.2 Å². The van der Waals surface area contributed by atoms with E-state index in [0.717, 1.165) is 29.7 Å². The van der Waals surface area contributed by atoms with Gasteiger partial charge in [-0.05, 0) is 18.6 Å². The van der Waals surface area contributed by atoms with Gasteiger partial charge >= 0.3 is 5.97 Å². The normalized spacial score (nSPS) is 15.9. The number of Topliss-reactive ketones (excluding diaryl/α,β-unsaturated/α-hetero) is 1. The highest BCUT2D eigenvalue weighted by molar-refractivity contribution is 9.10. The number of benzene rings is 1. The predicted molar refractivity (Wildman–Crippen MR) is 74.9 cm³/mol. The molecule has 102 valence electrons. The van der Waals surface area contributed by atoms with Crippen molar-refractivity contribution in [1.29, 1.82) is 0 Å². The number of rotatable bonds is 4. The summed E-state index contributed by atoms with van der Waals surface area (Å²) in [6, 6.07) is 5.63. The maximum absolute atomic E-state index is 11.3. The summed E-state index contributed by atoms with van der Waals surface area (Å²) in [7, 11) is 1.42. The van der Waals surface area contributed by atoms with Crippen LogP contribution in [0.4, 0.5) is 0 Å². The van der Waals surface area contributed by atoms with Gasteiger partial charge in [0.2, 0.25) is 0 Å². The summed E-state index contributed by atoms with van der Waals surface area (Å²) in [5, 5.41) is 0. The molecule has 1 aliphatic heterocycles.